The van der Waals surface area contributed by atoms with Crippen LogP contribution in [0.4, 0.5) is 0 Å². The van der Waals surface area contributed by atoms with E-state index in [2.05, 4.69) is 6.92 Å². The first-order valence-corrected chi connectivity index (χ1v) is 13.0. The van der Waals surface area contributed by atoms with Crippen molar-refractivity contribution < 1.29 is 38.1 Å². The molecule has 200 valence electrons. The number of aliphatic hydroxyl groups is 1. The molecule has 8 heteroatoms. The van der Waals surface area contributed by atoms with E-state index in [1.165, 1.54) is 13.2 Å². The lowest BCUT2D eigenvalue weighted by atomic mass is 9.41. The smallest absolute Gasteiger partial charge is 0.316 e. The third-order valence-electron chi connectivity index (χ3n) is 9.96. The lowest BCUT2D eigenvalue weighted by molar-refractivity contribution is -0.216. The van der Waals surface area contributed by atoms with E-state index in [0.717, 1.165) is 16.7 Å². The molecule has 3 aliphatic carbocycles. The number of allylic oxidation sites excluding steroid dienone is 2. The second-order valence-corrected chi connectivity index (χ2v) is 11.6. The van der Waals surface area contributed by atoms with Crippen molar-refractivity contribution in [2.75, 3.05) is 13.7 Å². The third kappa shape index (κ3) is 3.31. The minimum atomic E-state index is -1.28. The molecule has 4 aliphatic rings. The van der Waals surface area contributed by atoms with Gasteiger partial charge in [0.05, 0.1) is 56.4 Å². The molecule has 37 heavy (non-hydrogen) atoms. The van der Waals surface area contributed by atoms with E-state index in [1.54, 1.807) is 39.4 Å². The topological polar surface area (TPSA) is 112 Å². The summed E-state index contributed by atoms with van der Waals surface area (Å²) in [6, 6.07) is 1.94. The monoisotopic (exact) mass is 512 g/mol. The van der Waals surface area contributed by atoms with Crippen LogP contribution >= 0.6 is 0 Å². The molecule has 1 saturated heterocycles. The zero-order chi connectivity index (χ0) is 26.9. The molecule has 2 heterocycles. The Kier molecular flexibility index (Phi) is 6.07. The van der Waals surface area contributed by atoms with E-state index >= 15 is 0 Å². The van der Waals surface area contributed by atoms with Gasteiger partial charge in [-0.1, -0.05) is 25.5 Å². The van der Waals surface area contributed by atoms with Crippen LogP contribution in [0.25, 0.3) is 0 Å². The number of aliphatic hydroxyl groups excluding tert-OH is 1. The summed E-state index contributed by atoms with van der Waals surface area (Å²) in [5, 5.41) is 12.0. The number of methoxy groups -OCH3 is 1. The van der Waals surface area contributed by atoms with Crippen LogP contribution in [-0.4, -0.2) is 54.9 Å². The molecule has 8 nitrogen and oxygen atoms in total. The Balaban J connectivity index is 1.71. The molecule has 9 unspecified atom stereocenters. The lowest BCUT2D eigenvalue weighted by Gasteiger charge is -2.61. The molecule has 1 saturated carbocycles. The lowest BCUT2D eigenvalue weighted by Crippen LogP contribution is -2.69. The first-order chi connectivity index (χ1) is 17.5. The maximum absolute atomic E-state index is 13.8. The largest absolute Gasteiger partial charge is 0.472 e. The first kappa shape index (κ1) is 25.9. The third-order valence-corrected chi connectivity index (χ3v) is 9.96. The van der Waals surface area contributed by atoms with Gasteiger partial charge in [-0.15, -0.1) is 0 Å². The Bertz CT molecular complexity index is 1180. The molecule has 0 bridgehead atoms. The van der Waals surface area contributed by atoms with Crippen LogP contribution in [-0.2, 0) is 28.6 Å². The average Bonchev–Trinajstić information content (AvgIpc) is 3.56. The van der Waals surface area contributed by atoms with E-state index in [1.807, 2.05) is 13.0 Å². The Morgan fingerprint density at radius 3 is 2.57 bits per heavy atom. The number of ether oxygens (including phenoxy) is 3. The van der Waals surface area contributed by atoms with Crippen molar-refractivity contribution in [2.45, 2.75) is 71.7 Å². The van der Waals surface area contributed by atoms with Gasteiger partial charge in [0.25, 0.3) is 0 Å². The van der Waals surface area contributed by atoms with Crippen LogP contribution in [0.15, 0.2) is 46.3 Å². The van der Waals surface area contributed by atoms with Crippen molar-refractivity contribution in [1.29, 1.82) is 0 Å². The fraction of sp³-hybridized carbons (Fsp3) is 0.621. The van der Waals surface area contributed by atoms with Crippen molar-refractivity contribution in [3.8, 4) is 0 Å². The van der Waals surface area contributed by atoms with Gasteiger partial charge >= 0.3 is 11.9 Å². The zero-order valence-corrected chi connectivity index (χ0v) is 22.3. The summed E-state index contributed by atoms with van der Waals surface area (Å²) in [4.78, 5) is 40.0. The number of fused-ring (bicyclic) bond motifs is 4. The number of furan rings is 1. The van der Waals surface area contributed by atoms with Crippen molar-refractivity contribution in [2.24, 2.45) is 28.1 Å². The van der Waals surface area contributed by atoms with Crippen molar-refractivity contribution in [1.82, 2.24) is 0 Å². The molecule has 1 N–H and O–H groups in total. The van der Waals surface area contributed by atoms with Gasteiger partial charge in [0.15, 0.2) is 5.78 Å². The molecule has 9 atom stereocenters. The number of carbonyl (C=O) groups is 3. The average molecular weight is 513 g/mol. The Morgan fingerprint density at radius 2 is 1.95 bits per heavy atom. The number of ketones is 1. The van der Waals surface area contributed by atoms with Crippen LogP contribution in [0.5, 0.6) is 0 Å². The molecule has 0 radical (unpaired) electrons. The number of hydrogen-bond donors (Lipinski definition) is 1. The number of carbonyl (C=O) groups excluding carboxylic acids is 3. The second kappa shape index (κ2) is 8.67. The number of rotatable bonds is 5. The summed E-state index contributed by atoms with van der Waals surface area (Å²) >= 11 is 0. The first-order valence-electron chi connectivity index (χ1n) is 13.0. The molecule has 5 rings (SSSR count). The second-order valence-electron chi connectivity index (χ2n) is 11.6. The predicted octanol–water partition coefficient (Wildman–Crippen LogP) is 3.74. The number of hydrogen-bond acceptors (Lipinski definition) is 8. The molecule has 1 aromatic rings. The zero-order valence-electron chi connectivity index (χ0n) is 22.3. The van der Waals surface area contributed by atoms with E-state index in [4.69, 9.17) is 18.6 Å². The Morgan fingerprint density at radius 1 is 1.22 bits per heavy atom. The minimum Gasteiger partial charge on any atom is -0.472 e. The van der Waals surface area contributed by atoms with E-state index in [9.17, 15) is 19.5 Å². The van der Waals surface area contributed by atoms with Crippen LogP contribution < -0.4 is 0 Å². The minimum absolute atomic E-state index is 0.0507. The highest BCUT2D eigenvalue weighted by molar-refractivity contribution is 5.99. The molecular formula is C29H36O8. The van der Waals surface area contributed by atoms with Crippen LogP contribution in [0.3, 0.4) is 0 Å². The van der Waals surface area contributed by atoms with Crippen molar-refractivity contribution in [3.05, 3.63) is 47.5 Å². The van der Waals surface area contributed by atoms with Gasteiger partial charge in [0, 0.05) is 22.7 Å². The Labute approximate surface area is 217 Å². The summed E-state index contributed by atoms with van der Waals surface area (Å²) in [7, 11) is 1.33. The summed E-state index contributed by atoms with van der Waals surface area (Å²) in [5.41, 5.74) is -0.210. The highest BCUT2D eigenvalue weighted by Crippen LogP contribution is 2.70. The standard InChI is InChI=1S/C29H36O8/c1-7-36-26(33)27(3)10-8-20(30)28(4)19(13-21(31)34-6)29(5)22-15(2)17(16-9-11-35-14-16)12-18(22)37-25(29)23(32)24(27)28/h8-11,14,17-19,23-25,32H,7,12-13H2,1-6H3. The van der Waals surface area contributed by atoms with E-state index in [0.29, 0.717) is 6.42 Å². The van der Waals surface area contributed by atoms with Crippen molar-refractivity contribution in [3.63, 3.8) is 0 Å². The van der Waals surface area contributed by atoms with Gasteiger partial charge in [-0.05, 0) is 56.4 Å². The molecule has 0 amide bonds. The van der Waals surface area contributed by atoms with Gasteiger partial charge in [0.1, 0.15) is 0 Å². The predicted molar refractivity (Wildman–Crippen MR) is 132 cm³/mol. The van der Waals surface area contributed by atoms with Crippen molar-refractivity contribution >= 4 is 17.7 Å². The molecule has 0 spiro atoms. The highest BCUT2D eigenvalue weighted by Gasteiger charge is 2.74. The normalized spacial score (nSPS) is 42.3. The van der Waals surface area contributed by atoms with Crippen LogP contribution in [0, 0.1) is 28.1 Å². The highest BCUT2D eigenvalue weighted by atomic mass is 16.5. The summed E-state index contributed by atoms with van der Waals surface area (Å²) in [6.45, 7) is 9.44. The van der Waals surface area contributed by atoms with Gasteiger partial charge in [-0.25, -0.2) is 0 Å². The van der Waals surface area contributed by atoms with Crippen LogP contribution in [0.2, 0.25) is 0 Å². The summed E-state index contributed by atoms with van der Waals surface area (Å²) in [6.07, 6.45) is 4.82. The van der Waals surface area contributed by atoms with E-state index < -0.39 is 52.2 Å². The molecule has 2 fully saturated rings. The van der Waals surface area contributed by atoms with Gasteiger partial charge in [-0.3, -0.25) is 14.4 Å². The quantitative estimate of drug-likeness (QED) is 0.469. The van der Waals surface area contributed by atoms with Crippen LogP contribution in [0.1, 0.15) is 58.9 Å². The fourth-order valence-electron chi connectivity index (χ4n) is 8.36. The Hall–Kier alpha value is -2.71. The molecule has 1 aliphatic heterocycles. The molecule has 1 aromatic heterocycles. The molecular weight excluding hydrogens is 476 g/mol. The fourth-order valence-corrected chi connectivity index (χ4v) is 8.36. The summed E-state index contributed by atoms with van der Waals surface area (Å²) in [5.74, 6) is -2.55. The van der Waals surface area contributed by atoms with Gasteiger partial charge < -0.3 is 23.7 Å². The van der Waals surface area contributed by atoms with E-state index in [-0.39, 0.29) is 30.8 Å². The van der Waals surface area contributed by atoms with Gasteiger partial charge in [-0.2, -0.15) is 0 Å². The molecule has 0 aromatic carbocycles. The number of esters is 2. The maximum atomic E-state index is 13.8. The SMILES string of the molecule is CCOC(=O)C1(C)C=CC(=O)C2(C)C1C(O)C1OC3CC(c4ccoc4)C(C)=C3C1(C)C2CC(=O)OC. The maximum Gasteiger partial charge on any atom is 0.316 e. The van der Waals surface area contributed by atoms with Gasteiger partial charge in [0.2, 0.25) is 0 Å². The summed E-state index contributed by atoms with van der Waals surface area (Å²) < 4.78 is 22.5.